The van der Waals surface area contributed by atoms with Crippen molar-refractivity contribution in [1.29, 1.82) is 0 Å². The molecule has 0 aromatic heterocycles. The molecule has 0 saturated heterocycles. The van der Waals surface area contributed by atoms with Crippen molar-refractivity contribution in [1.82, 2.24) is 0 Å². The van der Waals surface area contributed by atoms with Crippen LogP contribution in [-0.2, 0) is 20.9 Å². The summed E-state index contributed by atoms with van der Waals surface area (Å²) in [5.74, 6) is -0.220. The zero-order valence-corrected chi connectivity index (χ0v) is 33.1. The molecule has 0 spiro atoms. The third-order valence-electron chi connectivity index (χ3n) is 11.2. The van der Waals surface area contributed by atoms with Gasteiger partial charge in [0.05, 0.1) is 11.2 Å². The number of hydrogen-bond acceptors (Lipinski definition) is 3. The van der Waals surface area contributed by atoms with Gasteiger partial charge in [-0.3, -0.25) is 4.55 Å². The molecule has 2 heterocycles. The predicted molar refractivity (Wildman–Crippen MR) is 226 cm³/mol. The molecule has 4 aromatic rings. The van der Waals surface area contributed by atoms with Crippen LogP contribution in [0.2, 0.25) is 0 Å². The molecule has 2 aliphatic rings. The van der Waals surface area contributed by atoms with E-state index in [9.17, 15) is 13.0 Å². The fourth-order valence-electron chi connectivity index (χ4n) is 8.64. The van der Waals surface area contributed by atoms with Gasteiger partial charge in [-0.25, -0.2) is 0 Å². The first-order chi connectivity index (χ1) is 25.4. The molecule has 6 heteroatoms. The summed E-state index contributed by atoms with van der Waals surface area (Å²) >= 11 is 0. The Morgan fingerprint density at radius 3 is 2.02 bits per heavy atom. The molecule has 0 aliphatic carbocycles. The van der Waals surface area contributed by atoms with Crippen molar-refractivity contribution in [2.24, 2.45) is 0 Å². The molecule has 4 aromatic carbocycles. The summed E-state index contributed by atoms with van der Waals surface area (Å²) in [6.07, 6.45) is 23.8. The molecule has 0 amide bonds. The highest BCUT2D eigenvalue weighted by atomic mass is 32.2. The van der Waals surface area contributed by atoms with E-state index in [2.05, 4.69) is 159 Å². The van der Waals surface area contributed by atoms with E-state index < -0.39 is 10.1 Å². The van der Waals surface area contributed by atoms with E-state index in [1.807, 2.05) is 0 Å². The Labute approximate surface area is 317 Å². The smallest absolute Gasteiger partial charge is 0.264 e. The minimum atomic E-state index is -3.98. The molecule has 0 saturated carbocycles. The molecule has 2 aliphatic heterocycles. The van der Waals surface area contributed by atoms with E-state index in [1.165, 1.54) is 88.3 Å². The molecule has 6 rings (SSSR count). The maximum atomic E-state index is 11.4. The van der Waals surface area contributed by atoms with E-state index in [-0.39, 0.29) is 16.6 Å². The van der Waals surface area contributed by atoms with Crippen molar-refractivity contribution in [2.45, 2.75) is 96.8 Å². The van der Waals surface area contributed by atoms with Gasteiger partial charge in [0.1, 0.15) is 6.54 Å². The van der Waals surface area contributed by atoms with Crippen molar-refractivity contribution in [3.63, 3.8) is 0 Å². The van der Waals surface area contributed by atoms with Gasteiger partial charge in [-0.05, 0) is 78.4 Å². The fourth-order valence-corrected chi connectivity index (χ4v) is 9.21. The van der Waals surface area contributed by atoms with Gasteiger partial charge in [0.25, 0.3) is 10.1 Å². The van der Waals surface area contributed by atoms with Gasteiger partial charge in [-0.15, -0.1) is 0 Å². The summed E-state index contributed by atoms with van der Waals surface area (Å²) < 4.78 is 34.7. The average Bonchev–Trinajstić information content (AvgIpc) is 3.49. The van der Waals surface area contributed by atoms with Crippen LogP contribution in [0.1, 0.15) is 97.1 Å². The van der Waals surface area contributed by atoms with Crippen molar-refractivity contribution in [2.75, 3.05) is 23.7 Å². The molecule has 278 valence electrons. The Hall–Kier alpha value is -4.26. The highest BCUT2D eigenvalue weighted by Gasteiger charge is 2.45. The first-order valence-corrected chi connectivity index (χ1v) is 21.2. The number of allylic oxidation sites excluding steroid dienone is 8. The molecule has 53 heavy (non-hydrogen) atoms. The van der Waals surface area contributed by atoms with Crippen LogP contribution in [0.3, 0.4) is 0 Å². The molecule has 0 bridgehead atoms. The largest absolute Gasteiger partial charge is 0.344 e. The maximum absolute atomic E-state index is 11.4. The third kappa shape index (κ3) is 8.29. The molecule has 0 fully saturated rings. The lowest BCUT2D eigenvalue weighted by Crippen LogP contribution is -2.28. The van der Waals surface area contributed by atoms with Gasteiger partial charge in [-0.2, -0.15) is 13.0 Å². The molecular formula is C47H57N2O3S+. The lowest BCUT2D eigenvalue weighted by atomic mass is 9.79. The molecule has 0 radical (unpaired) electrons. The normalized spacial score (nSPS) is 17.5. The van der Waals surface area contributed by atoms with Crippen molar-refractivity contribution in [3.05, 3.63) is 132 Å². The summed E-state index contributed by atoms with van der Waals surface area (Å²) in [7, 11) is -3.98. The van der Waals surface area contributed by atoms with E-state index in [0.29, 0.717) is 19.4 Å². The second-order valence-corrected chi connectivity index (χ2v) is 17.3. The summed E-state index contributed by atoms with van der Waals surface area (Å²) in [6, 6.07) is 26.3. The van der Waals surface area contributed by atoms with Crippen LogP contribution >= 0.6 is 0 Å². The molecule has 5 nitrogen and oxygen atoms in total. The second-order valence-electron chi connectivity index (χ2n) is 15.7. The van der Waals surface area contributed by atoms with Crippen molar-refractivity contribution >= 4 is 48.7 Å². The highest BCUT2D eigenvalue weighted by Crippen LogP contribution is 2.51. The Balaban J connectivity index is 1.23. The van der Waals surface area contributed by atoms with Gasteiger partial charge in [0, 0.05) is 47.5 Å². The molecule has 0 unspecified atom stereocenters. The summed E-state index contributed by atoms with van der Waals surface area (Å²) in [4.78, 5) is 2.33. The molecular weight excluding hydrogens is 673 g/mol. The fraction of sp³-hybridized carbons (Fsp3) is 0.383. The van der Waals surface area contributed by atoms with Crippen LogP contribution in [0.5, 0.6) is 0 Å². The average molecular weight is 730 g/mol. The number of anilines is 1. The number of fused-ring (bicyclic) bond motifs is 6. The summed E-state index contributed by atoms with van der Waals surface area (Å²) in [6.45, 7) is 13.3. The number of rotatable bonds is 16. The Morgan fingerprint density at radius 1 is 0.679 bits per heavy atom. The summed E-state index contributed by atoms with van der Waals surface area (Å²) in [5, 5.41) is 5.09. The van der Waals surface area contributed by atoms with Crippen LogP contribution in [0.15, 0.2) is 121 Å². The van der Waals surface area contributed by atoms with Gasteiger partial charge in [0.15, 0.2) is 5.71 Å². The van der Waals surface area contributed by atoms with Crippen molar-refractivity contribution in [3.8, 4) is 0 Å². The van der Waals surface area contributed by atoms with Crippen LogP contribution in [0, 0.1) is 0 Å². The first-order valence-electron chi connectivity index (χ1n) is 19.6. The first kappa shape index (κ1) is 38.5. The topological polar surface area (TPSA) is 60.6 Å². The van der Waals surface area contributed by atoms with Crippen LogP contribution in [0.25, 0.3) is 21.5 Å². The monoisotopic (exact) mass is 729 g/mol. The predicted octanol–water partition coefficient (Wildman–Crippen LogP) is 11.7. The number of benzene rings is 4. The Kier molecular flexibility index (Phi) is 11.9. The maximum Gasteiger partial charge on any atom is 0.264 e. The van der Waals surface area contributed by atoms with Gasteiger partial charge in [0.2, 0.25) is 5.69 Å². The summed E-state index contributed by atoms with van der Waals surface area (Å²) in [5.41, 5.74) is 7.36. The zero-order chi connectivity index (χ0) is 37.6. The standard InChI is InChI=1S/C47H56N2O3S/c1-6-7-8-9-13-20-33-48-40-31-29-36-23-16-18-25-38(36)44(40)46(2,3)42(48)27-14-11-10-12-15-28-43-47(4,5)45-39-26-19-17-24-37(39)30-32-41(45)49(43)34-21-22-35-53(50,51)52/h10-12,14-19,23-32H,6-9,13,20-22,33-35H2,1-5H3/p+1. The minimum absolute atomic E-state index is 0.124. The SMILES string of the molecule is CCCCCCCC[N+]1=C(/C=C/C=C/C=C/C=C2/N(CCCCS(=O)(=O)O)c3ccc4ccccc4c3C2(C)C)C(C)(C)c2c1ccc1ccccc21. The second kappa shape index (κ2) is 16.4. The van der Waals surface area contributed by atoms with Crippen molar-refractivity contribution < 1.29 is 17.5 Å². The van der Waals surface area contributed by atoms with Crippen LogP contribution < -0.4 is 4.90 Å². The quantitative estimate of drug-likeness (QED) is 0.0540. The van der Waals surface area contributed by atoms with Crippen LogP contribution in [0.4, 0.5) is 11.4 Å². The van der Waals surface area contributed by atoms with E-state index in [1.54, 1.807) is 0 Å². The zero-order valence-electron chi connectivity index (χ0n) is 32.3. The van der Waals surface area contributed by atoms with E-state index in [0.717, 1.165) is 12.2 Å². The highest BCUT2D eigenvalue weighted by molar-refractivity contribution is 7.85. The molecule has 1 N–H and O–H groups in total. The number of hydrogen-bond donors (Lipinski definition) is 1. The van der Waals surface area contributed by atoms with Crippen LogP contribution in [-0.4, -0.2) is 42.1 Å². The lowest BCUT2D eigenvalue weighted by Gasteiger charge is -2.27. The minimum Gasteiger partial charge on any atom is -0.344 e. The lowest BCUT2D eigenvalue weighted by molar-refractivity contribution is -0.438. The number of unbranched alkanes of at least 4 members (excludes halogenated alkanes) is 6. The Bertz CT molecular complexity index is 2220. The van der Waals surface area contributed by atoms with Gasteiger partial charge < -0.3 is 4.90 Å². The van der Waals surface area contributed by atoms with E-state index in [4.69, 9.17) is 0 Å². The van der Waals surface area contributed by atoms with Gasteiger partial charge in [-0.1, -0.05) is 131 Å². The molecule has 0 atom stereocenters. The number of nitrogens with zero attached hydrogens (tertiary/aromatic N) is 2. The van der Waals surface area contributed by atoms with Gasteiger partial charge >= 0.3 is 0 Å². The Morgan fingerprint density at radius 2 is 1.30 bits per heavy atom. The third-order valence-corrected chi connectivity index (χ3v) is 12.0. The van der Waals surface area contributed by atoms with E-state index >= 15 is 0 Å².